The van der Waals surface area contributed by atoms with Crippen LogP contribution in [0.25, 0.3) is 0 Å². The third kappa shape index (κ3) is 7.28. The van der Waals surface area contributed by atoms with Crippen molar-refractivity contribution in [3.05, 3.63) is 67.6 Å². The maximum atomic E-state index is 13.4. The Morgan fingerprint density at radius 1 is 0.903 bits per heavy atom. The number of rotatable bonds is 9. The molecule has 0 heterocycles. The maximum Gasteiger partial charge on any atom is 0.243 e. The van der Waals surface area contributed by atoms with Crippen molar-refractivity contribution in [3.8, 4) is 0 Å². The minimum atomic E-state index is -0.653. The van der Waals surface area contributed by atoms with Crippen LogP contribution in [-0.2, 0) is 22.6 Å². The molecule has 2 amide bonds. The molecule has 168 valence electrons. The van der Waals surface area contributed by atoms with Crippen LogP contribution >= 0.6 is 46.4 Å². The monoisotopic (exact) mass is 502 g/mol. The quantitative estimate of drug-likeness (QED) is 0.421. The summed E-state index contributed by atoms with van der Waals surface area (Å²) in [5.74, 6) is -0.432. The SMILES string of the molecule is CC[C@@H](C)NC(=O)[C@@H](CC)N(Cc1ccc(Cl)cc1Cl)C(=O)Cc1ccc(Cl)cc1Cl. The highest BCUT2D eigenvalue weighted by Gasteiger charge is 2.30. The molecule has 0 aliphatic rings. The molecule has 2 atom stereocenters. The van der Waals surface area contributed by atoms with Crippen molar-refractivity contribution < 1.29 is 9.59 Å². The second kappa shape index (κ2) is 12.0. The predicted octanol–water partition coefficient (Wildman–Crippen LogP) is 6.56. The standard InChI is InChI=1S/C23H26Cl4N2O2/c1-4-14(3)28-23(31)21(5-2)29(13-16-7-9-18(25)12-20(16)27)22(30)10-15-6-8-17(24)11-19(15)26/h6-9,11-12,14,21H,4-5,10,13H2,1-3H3,(H,28,31)/t14-,21-/m1/s1. The maximum absolute atomic E-state index is 13.4. The fraction of sp³-hybridized carbons (Fsp3) is 0.391. The number of hydrogen-bond acceptors (Lipinski definition) is 2. The van der Waals surface area contributed by atoms with Crippen molar-refractivity contribution in [2.75, 3.05) is 0 Å². The van der Waals surface area contributed by atoms with Crippen LogP contribution in [0.3, 0.4) is 0 Å². The lowest BCUT2D eigenvalue weighted by atomic mass is 10.1. The second-order valence-electron chi connectivity index (χ2n) is 7.41. The van der Waals surface area contributed by atoms with Gasteiger partial charge < -0.3 is 10.2 Å². The summed E-state index contributed by atoms with van der Waals surface area (Å²) in [4.78, 5) is 27.9. The molecule has 2 rings (SSSR count). The Kier molecular flexibility index (Phi) is 9.95. The number of benzene rings is 2. The van der Waals surface area contributed by atoms with Gasteiger partial charge in [-0.05, 0) is 55.2 Å². The summed E-state index contributed by atoms with van der Waals surface area (Å²) in [6.07, 6.45) is 1.28. The van der Waals surface area contributed by atoms with Crippen molar-refractivity contribution in [2.24, 2.45) is 0 Å². The Bertz CT molecular complexity index is 936. The van der Waals surface area contributed by atoms with Gasteiger partial charge in [0, 0.05) is 32.7 Å². The molecule has 0 spiro atoms. The van der Waals surface area contributed by atoms with Crippen molar-refractivity contribution in [3.63, 3.8) is 0 Å². The molecule has 0 aliphatic heterocycles. The summed E-state index contributed by atoms with van der Waals surface area (Å²) >= 11 is 24.6. The summed E-state index contributed by atoms with van der Waals surface area (Å²) in [7, 11) is 0. The molecule has 1 N–H and O–H groups in total. The molecule has 0 aliphatic carbocycles. The normalized spacial score (nSPS) is 12.9. The summed E-state index contributed by atoms with van der Waals surface area (Å²) in [5.41, 5.74) is 1.34. The summed E-state index contributed by atoms with van der Waals surface area (Å²) in [6, 6.07) is 9.44. The van der Waals surface area contributed by atoms with Gasteiger partial charge in [-0.3, -0.25) is 9.59 Å². The molecule has 31 heavy (non-hydrogen) atoms. The van der Waals surface area contributed by atoms with E-state index in [1.165, 1.54) is 0 Å². The Labute approximate surface area is 203 Å². The first-order valence-corrected chi connectivity index (χ1v) is 11.6. The van der Waals surface area contributed by atoms with Crippen molar-refractivity contribution >= 4 is 58.2 Å². The molecule has 2 aromatic carbocycles. The molecule has 4 nitrogen and oxygen atoms in total. The molecule has 0 fully saturated rings. The van der Waals surface area contributed by atoms with Gasteiger partial charge in [0.25, 0.3) is 0 Å². The number of nitrogens with zero attached hydrogens (tertiary/aromatic N) is 1. The van der Waals surface area contributed by atoms with Crippen LogP contribution in [0, 0.1) is 0 Å². The first-order valence-electron chi connectivity index (χ1n) is 10.1. The van der Waals surface area contributed by atoms with Gasteiger partial charge in [0.2, 0.25) is 11.8 Å². The fourth-order valence-electron chi connectivity index (χ4n) is 3.12. The first-order chi connectivity index (χ1) is 14.7. The van der Waals surface area contributed by atoms with Crippen LogP contribution in [0.1, 0.15) is 44.7 Å². The molecular formula is C23H26Cl4N2O2. The number of halogens is 4. The summed E-state index contributed by atoms with van der Waals surface area (Å²) in [6.45, 7) is 5.97. The van der Waals surface area contributed by atoms with E-state index < -0.39 is 6.04 Å². The number of amides is 2. The molecule has 0 saturated heterocycles. The lowest BCUT2D eigenvalue weighted by Crippen LogP contribution is -2.51. The van der Waals surface area contributed by atoms with Gasteiger partial charge >= 0.3 is 0 Å². The van der Waals surface area contributed by atoms with Crippen molar-refractivity contribution in [1.82, 2.24) is 10.2 Å². The number of hydrogen-bond donors (Lipinski definition) is 1. The van der Waals surface area contributed by atoms with Gasteiger partial charge in [0.15, 0.2) is 0 Å². The van der Waals surface area contributed by atoms with Gasteiger partial charge in [-0.2, -0.15) is 0 Å². The van der Waals surface area contributed by atoms with Gasteiger partial charge in [0.05, 0.1) is 6.42 Å². The average Bonchev–Trinajstić information content (AvgIpc) is 2.71. The van der Waals surface area contributed by atoms with E-state index in [0.717, 1.165) is 6.42 Å². The van der Waals surface area contributed by atoms with Crippen LogP contribution in [0.5, 0.6) is 0 Å². The van der Waals surface area contributed by atoms with E-state index in [1.54, 1.807) is 41.3 Å². The smallest absolute Gasteiger partial charge is 0.243 e. The van der Waals surface area contributed by atoms with Crippen LogP contribution in [-0.4, -0.2) is 28.8 Å². The largest absolute Gasteiger partial charge is 0.352 e. The minimum Gasteiger partial charge on any atom is -0.352 e. The Hall–Kier alpha value is -1.46. The van der Waals surface area contributed by atoms with Crippen LogP contribution in [0.2, 0.25) is 20.1 Å². The highest BCUT2D eigenvalue weighted by molar-refractivity contribution is 6.35. The van der Waals surface area contributed by atoms with E-state index in [4.69, 9.17) is 46.4 Å². The first kappa shape index (κ1) is 25.8. The van der Waals surface area contributed by atoms with Gasteiger partial charge in [0.1, 0.15) is 6.04 Å². The lowest BCUT2D eigenvalue weighted by Gasteiger charge is -2.32. The van der Waals surface area contributed by atoms with Crippen LogP contribution in [0.4, 0.5) is 0 Å². The lowest BCUT2D eigenvalue weighted by molar-refractivity contribution is -0.141. The van der Waals surface area contributed by atoms with Crippen molar-refractivity contribution in [2.45, 2.75) is 58.7 Å². The highest BCUT2D eigenvalue weighted by Crippen LogP contribution is 2.26. The zero-order valence-electron chi connectivity index (χ0n) is 17.7. The third-order valence-electron chi connectivity index (χ3n) is 5.10. The van der Waals surface area contributed by atoms with E-state index in [-0.39, 0.29) is 30.8 Å². The van der Waals surface area contributed by atoms with Gasteiger partial charge in [-0.1, -0.05) is 72.4 Å². The molecule has 0 radical (unpaired) electrons. The zero-order valence-corrected chi connectivity index (χ0v) is 20.7. The number of carbonyl (C=O) groups is 2. The Morgan fingerprint density at radius 3 is 1.94 bits per heavy atom. The molecule has 8 heteroatoms. The van der Waals surface area contributed by atoms with E-state index in [9.17, 15) is 9.59 Å². The van der Waals surface area contributed by atoms with E-state index in [1.807, 2.05) is 20.8 Å². The zero-order chi connectivity index (χ0) is 23.1. The van der Waals surface area contributed by atoms with E-state index >= 15 is 0 Å². The molecule has 0 bridgehead atoms. The Morgan fingerprint density at radius 2 is 1.45 bits per heavy atom. The molecular weight excluding hydrogens is 478 g/mol. The Balaban J connectivity index is 2.37. The minimum absolute atomic E-state index is 0.00308. The third-order valence-corrected chi connectivity index (χ3v) is 6.27. The fourth-order valence-corrected chi connectivity index (χ4v) is 4.07. The average molecular weight is 504 g/mol. The molecule has 2 aromatic rings. The van der Waals surface area contributed by atoms with Gasteiger partial charge in [-0.15, -0.1) is 0 Å². The topological polar surface area (TPSA) is 49.4 Å². The van der Waals surface area contributed by atoms with E-state index in [2.05, 4.69) is 5.32 Å². The molecule has 0 unspecified atom stereocenters. The van der Waals surface area contributed by atoms with Gasteiger partial charge in [-0.25, -0.2) is 0 Å². The van der Waals surface area contributed by atoms with Crippen LogP contribution < -0.4 is 5.32 Å². The highest BCUT2D eigenvalue weighted by atomic mass is 35.5. The summed E-state index contributed by atoms with van der Waals surface area (Å²) < 4.78 is 0. The summed E-state index contributed by atoms with van der Waals surface area (Å²) in [5, 5.41) is 4.81. The second-order valence-corrected chi connectivity index (χ2v) is 9.10. The number of nitrogens with one attached hydrogen (secondary N) is 1. The molecule has 0 saturated carbocycles. The number of carbonyl (C=O) groups excluding carboxylic acids is 2. The molecule has 0 aromatic heterocycles. The predicted molar refractivity (Wildman–Crippen MR) is 129 cm³/mol. The van der Waals surface area contributed by atoms with Crippen LogP contribution in [0.15, 0.2) is 36.4 Å². The van der Waals surface area contributed by atoms with E-state index in [0.29, 0.717) is 37.6 Å². The van der Waals surface area contributed by atoms with Crippen molar-refractivity contribution in [1.29, 1.82) is 0 Å².